The van der Waals surface area contributed by atoms with Crippen LogP contribution in [0.15, 0.2) is 16.5 Å². The minimum atomic E-state index is -2.44. The lowest BCUT2D eigenvalue weighted by molar-refractivity contribution is -0.176. The van der Waals surface area contributed by atoms with Crippen LogP contribution in [0, 0.1) is 0 Å². The fourth-order valence-corrected chi connectivity index (χ4v) is 2.59. The van der Waals surface area contributed by atoms with Crippen molar-refractivity contribution < 1.29 is 47.3 Å². The Morgan fingerprint density at radius 1 is 1.00 bits per heavy atom. The molecule has 0 radical (unpaired) electrons. The second kappa shape index (κ2) is 11.9. The minimum absolute atomic E-state index is 0.153. The molecule has 1 amide bonds. The van der Waals surface area contributed by atoms with E-state index in [0.717, 1.165) is 27.9 Å². The summed E-state index contributed by atoms with van der Waals surface area (Å²) < 4.78 is 22.8. The number of rotatable bonds is 9. The van der Waals surface area contributed by atoms with E-state index >= 15 is 0 Å². The standard InChI is InChI=1S/C18H20Cl3NO10/c1-8(23)29-7-13(30-9(2)24)15(31-10(3)25)14(22-17(27)18(19,20)21)11-5-6-12(32-11)16(26)28-4/h5-6,13-15H,7H2,1-4H3,(H,22,27)/t13-,14-,15-/m1/s1. The zero-order valence-corrected chi connectivity index (χ0v) is 19.6. The van der Waals surface area contributed by atoms with Gasteiger partial charge in [-0.05, 0) is 12.1 Å². The summed E-state index contributed by atoms with van der Waals surface area (Å²) in [6.45, 7) is 2.64. The van der Waals surface area contributed by atoms with E-state index in [1.807, 2.05) is 0 Å². The molecule has 0 aliphatic heterocycles. The first-order valence-corrected chi connectivity index (χ1v) is 9.93. The van der Waals surface area contributed by atoms with Crippen LogP contribution in [0.4, 0.5) is 0 Å². The largest absolute Gasteiger partial charge is 0.463 e. The fraction of sp³-hybridized carbons (Fsp3) is 0.500. The summed E-state index contributed by atoms with van der Waals surface area (Å²) in [5.74, 6) is -4.82. The van der Waals surface area contributed by atoms with Gasteiger partial charge in [0, 0.05) is 20.8 Å². The van der Waals surface area contributed by atoms with Crippen molar-refractivity contribution in [1.82, 2.24) is 5.32 Å². The Hall–Kier alpha value is -2.50. The van der Waals surface area contributed by atoms with Gasteiger partial charge in [0.2, 0.25) is 5.76 Å². The molecule has 0 aliphatic rings. The van der Waals surface area contributed by atoms with Crippen LogP contribution in [0.3, 0.4) is 0 Å². The number of hydrogen-bond donors (Lipinski definition) is 1. The number of nitrogens with one attached hydrogen (secondary N) is 1. The predicted molar refractivity (Wildman–Crippen MR) is 109 cm³/mol. The molecule has 3 atom stereocenters. The topological polar surface area (TPSA) is 147 Å². The van der Waals surface area contributed by atoms with Crippen LogP contribution in [0.25, 0.3) is 0 Å². The van der Waals surface area contributed by atoms with Gasteiger partial charge in [0.1, 0.15) is 18.4 Å². The first-order chi connectivity index (χ1) is 14.8. The summed E-state index contributed by atoms with van der Waals surface area (Å²) in [6, 6.07) is 1.01. The van der Waals surface area contributed by atoms with Gasteiger partial charge in [-0.3, -0.25) is 19.2 Å². The molecule has 0 aromatic carbocycles. The quantitative estimate of drug-likeness (QED) is 0.293. The van der Waals surface area contributed by atoms with Crippen molar-refractivity contribution in [2.75, 3.05) is 13.7 Å². The Balaban J connectivity index is 3.52. The summed E-state index contributed by atoms with van der Waals surface area (Å²) >= 11 is 16.9. The van der Waals surface area contributed by atoms with Gasteiger partial charge in [-0.15, -0.1) is 0 Å². The third-order valence-corrected chi connectivity index (χ3v) is 4.14. The molecular formula is C18H20Cl3NO10. The van der Waals surface area contributed by atoms with Crippen LogP contribution < -0.4 is 5.32 Å². The van der Waals surface area contributed by atoms with Crippen LogP contribution in [0.2, 0.25) is 0 Å². The Morgan fingerprint density at radius 3 is 2.06 bits per heavy atom. The molecule has 1 aromatic heterocycles. The number of carbonyl (C=O) groups excluding carboxylic acids is 5. The number of hydrogen-bond acceptors (Lipinski definition) is 10. The van der Waals surface area contributed by atoms with E-state index in [-0.39, 0.29) is 11.5 Å². The first kappa shape index (κ1) is 27.5. The number of halogens is 3. The van der Waals surface area contributed by atoms with Crippen LogP contribution in [-0.4, -0.2) is 59.5 Å². The van der Waals surface area contributed by atoms with E-state index in [9.17, 15) is 24.0 Å². The van der Waals surface area contributed by atoms with E-state index in [1.54, 1.807) is 0 Å². The van der Waals surface area contributed by atoms with Crippen molar-refractivity contribution in [3.8, 4) is 0 Å². The van der Waals surface area contributed by atoms with Crippen molar-refractivity contribution >= 4 is 64.6 Å². The number of amides is 1. The average molecular weight is 517 g/mol. The molecule has 0 spiro atoms. The molecule has 0 saturated carbocycles. The fourth-order valence-electron chi connectivity index (χ4n) is 2.43. The van der Waals surface area contributed by atoms with Crippen LogP contribution in [0.1, 0.15) is 43.1 Å². The lowest BCUT2D eigenvalue weighted by atomic mass is 10.0. The monoisotopic (exact) mass is 515 g/mol. The van der Waals surface area contributed by atoms with Gasteiger partial charge in [0.25, 0.3) is 9.70 Å². The molecule has 0 saturated heterocycles. The average Bonchev–Trinajstić information content (AvgIpc) is 3.15. The zero-order valence-electron chi connectivity index (χ0n) is 17.3. The van der Waals surface area contributed by atoms with Crippen molar-refractivity contribution in [1.29, 1.82) is 0 Å². The molecule has 0 unspecified atom stereocenters. The van der Waals surface area contributed by atoms with E-state index in [1.165, 1.54) is 12.1 Å². The Morgan fingerprint density at radius 2 is 1.59 bits per heavy atom. The zero-order chi connectivity index (χ0) is 24.6. The lowest BCUT2D eigenvalue weighted by Crippen LogP contribution is -2.50. The van der Waals surface area contributed by atoms with Crippen molar-refractivity contribution in [3.63, 3.8) is 0 Å². The second-order valence-corrected chi connectivity index (χ2v) is 8.45. The SMILES string of the molecule is COC(=O)c1ccc([C@@H](NC(=O)C(Cl)(Cl)Cl)[C@H](OC(C)=O)[C@@H](COC(C)=O)OC(C)=O)o1. The van der Waals surface area contributed by atoms with Crippen LogP contribution in [0.5, 0.6) is 0 Å². The maximum Gasteiger partial charge on any atom is 0.373 e. The molecule has 1 aromatic rings. The van der Waals surface area contributed by atoms with E-state index < -0.39 is 58.4 Å². The summed E-state index contributed by atoms with van der Waals surface area (Å²) in [7, 11) is 1.12. The van der Waals surface area contributed by atoms with E-state index in [0.29, 0.717) is 0 Å². The smallest absolute Gasteiger partial charge is 0.373 e. The highest BCUT2D eigenvalue weighted by Gasteiger charge is 2.42. The normalized spacial score (nSPS) is 13.8. The van der Waals surface area contributed by atoms with Gasteiger partial charge >= 0.3 is 23.9 Å². The number of methoxy groups -OCH3 is 1. The minimum Gasteiger partial charge on any atom is -0.463 e. The molecule has 1 rings (SSSR count). The summed E-state index contributed by atoms with van der Waals surface area (Å²) in [4.78, 5) is 58.8. The molecular weight excluding hydrogens is 497 g/mol. The van der Waals surface area contributed by atoms with E-state index in [2.05, 4.69) is 10.1 Å². The highest BCUT2D eigenvalue weighted by molar-refractivity contribution is 6.76. The number of ether oxygens (including phenoxy) is 4. The first-order valence-electron chi connectivity index (χ1n) is 8.79. The summed E-state index contributed by atoms with van der Waals surface area (Å²) in [5.41, 5.74) is 0. The van der Waals surface area contributed by atoms with Crippen molar-refractivity contribution in [2.45, 2.75) is 42.8 Å². The molecule has 0 bridgehead atoms. The molecule has 14 heteroatoms. The Labute approximate surface area is 197 Å². The van der Waals surface area contributed by atoms with Crippen molar-refractivity contribution in [2.24, 2.45) is 0 Å². The van der Waals surface area contributed by atoms with Crippen LogP contribution in [-0.2, 0) is 38.1 Å². The van der Waals surface area contributed by atoms with E-state index in [4.69, 9.17) is 53.4 Å². The predicted octanol–water partition coefficient (Wildman–Crippen LogP) is 2.02. The van der Waals surface area contributed by atoms with Gasteiger partial charge in [-0.25, -0.2) is 4.79 Å². The molecule has 178 valence electrons. The third kappa shape index (κ3) is 8.56. The van der Waals surface area contributed by atoms with Gasteiger partial charge < -0.3 is 28.7 Å². The van der Waals surface area contributed by atoms with Crippen LogP contribution >= 0.6 is 34.8 Å². The van der Waals surface area contributed by atoms with Crippen molar-refractivity contribution in [3.05, 3.63) is 23.7 Å². The molecule has 1 heterocycles. The lowest BCUT2D eigenvalue weighted by Gasteiger charge is -2.32. The molecule has 0 fully saturated rings. The second-order valence-electron chi connectivity index (χ2n) is 6.17. The number of furan rings is 1. The maximum atomic E-state index is 12.4. The van der Waals surface area contributed by atoms with Gasteiger partial charge in [0.15, 0.2) is 12.2 Å². The summed E-state index contributed by atoms with van der Waals surface area (Å²) in [6.07, 6.45) is -2.96. The molecule has 32 heavy (non-hydrogen) atoms. The van der Waals surface area contributed by atoms with Gasteiger partial charge in [-0.2, -0.15) is 0 Å². The number of alkyl halides is 3. The molecule has 0 aliphatic carbocycles. The molecule has 1 N–H and O–H groups in total. The third-order valence-electron chi connectivity index (χ3n) is 3.63. The molecule has 11 nitrogen and oxygen atoms in total. The van der Waals surface area contributed by atoms with Gasteiger partial charge in [0.05, 0.1) is 7.11 Å². The highest BCUT2D eigenvalue weighted by atomic mass is 35.6. The van der Waals surface area contributed by atoms with Gasteiger partial charge in [-0.1, -0.05) is 34.8 Å². The Bertz CT molecular complexity index is 863. The number of esters is 4. The summed E-state index contributed by atoms with van der Waals surface area (Å²) in [5, 5.41) is 2.30. The highest BCUT2D eigenvalue weighted by Crippen LogP contribution is 2.31. The Kier molecular flexibility index (Phi) is 10.3. The number of carbonyl (C=O) groups is 5. The maximum absolute atomic E-state index is 12.4.